The van der Waals surface area contributed by atoms with E-state index in [2.05, 4.69) is 5.10 Å². The Morgan fingerprint density at radius 1 is 1.14 bits per heavy atom. The molecule has 6 nitrogen and oxygen atoms in total. The Labute approximate surface area is 126 Å². The molecule has 3 aromatic rings. The lowest BCUT2D eigenvalue weighted by atomic mass is 10.2. The highest BCUT2D eigenvalue weighted by atomic mass is 16.5. The van der Waals surface area contributed by atoms with Crippen LogP contribution in [-0.4, -0.2) is 28.8 Å². The minimum atomic E-state index is -0.588. The van der Waals surface area contributed by atoms with Crippen molar-refractivity contribution in [2.24, 2.45) is 0 Å². The van der Waals surface area contributed by atoms with Crippen molar-refractivity contribution in [2.75, 3.05) is 12.8 Å². The summed E-state index contributed by atoms with van der Waals surface area (Å²) in [5, 5.41) is 4.68. The van der Waals surface area contributed by atoms with Crippen molar-refractivity contribution in [1.82, 2.24) is 9.78 Å². The second kappa shape index (κ2) is 5.33. The van der Waals surface area contributed by atoms with Gasteiger partial charge in [0.05, 0.1) is 12.6 Å². The molecule has 0 bridgehead atoms. The van der Waals surface area contributed by atoms with E-state index in [9.17, 15) is 9.59 Å². The molecule has 0 aliphatic heterocycles. The monoisotopic (exact) mass is 295 g/mol. The molecule has 22 heavy (non-hydrogen) atoms. The van der Waals surface area contributed by atoms with E-state index < -0.39 is 5.97 Å². The third-order valence-electron chi connectivity index (χ3n) is 3.29. The summed E-state index contributed by atoms with van der Waals surface area (Å²) >= 11 is 0. The first-order valence-electron chi connectivity index (χ1n) is 6.58. The molecule has 0 fully saturated rings. The van der Waals surface area contributed by atoms with E-state index in [1.165, 1.54) is 11.8 Å². The number of hydrogen-bond acceptors (Lipinski definition) is 5. The van der Waals surface area contributed by atoms with E-state index in [0.29, 0.717) is 22.2 Å². The first kappa shape index (κ1) is 13.8. The van der Waals surface area contributed by atoms with Crippen LogP contribution in [0, 0.1) is 0 Å². The van der Waals surface area contributed by atoms with Crippen molar-refractivity contribution < 1.29 is 14.3 Å². The van der Waals surface area contributed by atoms with Gasteiger partial charge >= 0.3 is 5.97 Å². The smallest absolute Gasteiger partial charge is 0.359 e. The van der Waals surface area contributed by atoms with Gasteiger partial charge in [0, 0.05) is 16.6 Å². The number of nitrogen functional groups attached to an aromatic ring is 1. The number of carbonyl (C=O) groups is 2. The van der Waals surface area contributed by atoms with E-state index >= 15 is 0 Å². The van der Waals surface area contributed by atoms with Crippen LogP contribution in [0.25, 0.3) is 10.9 Å². The summed E-state index contributed by atoms with van der Waals surface area (Å²) in [4.78, 5) is 24.5. The van der Waals surface area contributed by atoms with Crippen molar-refractivity contribution >= 4 is 28.5 Å². The van der Waals surface area contributed by atoms with E-state index in [-0.39, 0.29) is 11.6 Å². The second-order valence-electron chi connectivity index (χ2n) is 4.70. The second-order valence-corrected chi connectivity index (χ2v) is 4.70. The molecule has 1 aromatic heterocycles. The molecule has 0 saturated heterocycles. The summed E-state index contributed by atoms with van der Waals surface area (Å²) in [7, 11) is 1.27. The van der Waals surface area contributed by atoms with E-state index in [1.807, 2.05) is 0 Å². The van der Waals surface area contributed by atoms with Crippen LogP contribution in [0.2, 0.25) is 0 Å². The molecule has 0 aliphatic rings. The first-order valence-corrected chi connectivity index (χ1v) is 6.58. The number of aromatic nitrogens is 2. The van der Waals surface area contributed by atoms with Gasteiger partial charge in [-0.3, -0.25) is 4.79 Å². The summed E-state index contributed by atoms with van der Waals surface area (Å²) in [6, 6.07) is 13.6. The van der Waals surface area contributed by atoms with E-state index in [0.717, 1.165) is 0 Å². The predicted octanol–water partition coefficient (Wildman–Crippen LogP) is 2.09. The van der Waals surface area contributed by atoms with Gasteiger partial charge in [0.15, 0.2) is 5.69 Å². The van der Waals surface area contributed by atoms with Crippen LogP contribution in [-0.2, 0) is 4.74 Å². The maximum atomic E-state index is 12.6. The first-order chi connectivity index (χ1) is 10.6. The molecule has 0 aliphatic carbocycles. The van der Waals surface area contributed by atoms with Crippen molar-refractivity contribution in [3.63, 3.8) is 0 Å². The molecule has 0 spiro atoms. The molecule has 2 N–H and O–H groups in total. The lowest BCUT2D eigenvalue weighted by Crippen LogP contribution is -2.15. The van der Waals surface area contributed by atoms with Crippen LogP contribution >= 0.6 is 0 Å². The van der Waals surface area contributed by atoms with Crippen molar-refractivity contribution in [3.05, 3.63) is 59.8 Å². The Kier molecular flexibility index (Phi) is 3.34. The Hall–Kier alpha value is -3.15. The standard InChI is InChI=1S/C16H13N3O3/c1-22-16(21)14-12-7-2-3-8-13(12)19(18-14)15(20)10-5-4-6-11(17)9-10/h2-9H,17H2,1H3. The molecule has 110 valence electrons. The fourth-order valence-corrected chi connectivity index (χ4v) is 2.26. The summed E-state index contributed by atoms with van der Waals surface area (Å²) in [5.41, 5.74) is 7.23. The minimum Gasteiger partial charge on any atom is -0.464 e. The molecular weight excluding hydrogens is 282 g/mol. The molecule has 0 saturated carbocycles. The zero-order valence-corrected chi connectivity index (χ0v) is 11.8. The molecule has 0 radical (unpaired) electrons. The predicted molar refractivity (Wildman–Crippen MR) is 81.7 cm³/mol. The fourth-order valence-electron chi connectivity index (χ4n) is 2.26. The van der Waals surface area contributed by atoms with Gasteiger partial charge in [-0.1, -0.05) is 24.3 Å². The van der Waals surface area contributed by atoms with Crippen LogP contribution in [0.5, 0.6) is 0 Å². The minimum absolute atomic E-state index is 0.107. The number of rotatable bonds is 2. The van der Waals surface area contributed by atoms with Gasteiger partial charge in [0.2, 0.25) is 0 Å². The molecule has 1 heterocycles. The number of hydrogen-bond donors (Lipinski definition) is 1. The topological polar surface area (TPSA) is 87.2 Å². The maximum absolute atomic E-state index is 12.6. The number of para-hydroxylation sites is 1. The number of benzene rings is 2. The van der Waals surface area contributed by atoms with Crippen LogP contribution < -0.4 is 5.73 Å². The molecule has 0 atom stereocenters. The van der Waals surface area contributed by atoms with Gasteiger partial charge < -0.3 is 10.5 Å². The maximum Gasteiger partial charge on any atom is 0.359 e. The Balaban J connectivity index is 2.19. The number of nitrogens with zero attached hydrogens (tertiary/aromatic N) is 2. The van der Waals surface area contributed by atoms with Crippen molar-refractivity contribution in [2.45, 2.75) is 0 Å². The number of carbonyl (C=O) groups excluding carboxylic acids is 2. The summed E-state index contributed by atoms with van der Waals surface area (Å²) in [6.45, 7) is 0. The van der Waals surface area contributed by atoms with Crippen LogP contribution in [0.1, 0.15) is 20.8 Å². The highest BCUT2D eigenvalue weighted by Gasteiger charge is 2.21. The summed E-state index contributed by atoms with van der Waals surface area (Å²) in [6.07, 6.45) is 0. The van der Waals surface area contributed by atoms with Gasteiger partial charge in [0.1, 0.15) is 0 Å². The fraction of sp³-hybridized carbons (Fsp3) is 0.0625. The molecular formula is C16H13N3O3. The zero-order valence-electron chi connectivity index (χ0n) is 11.8. The summed E-state index contributed by atoms with van der Waals surface area (Å²) in [5.74, 6) is -0.950. The largest absolute Gasteiger partial charge is 0.464 e. The van der Waals surface area contributed by atoms with Crippen molar-refractivity contribution in [3.8, 4) is 0 Å². The Morgan fingerprint density at radius 3 is 2.64 bits per heavy atom. The van der Waals surface area contributed by atoms with Gasteiger partial charge in [-0.15, -0.1) is 0 Å². The van der Waals surface area contributed by atoms with Crippen LogP contribution in [0.15, 0.2) is 48.5 Å². The van der Waals surface area contributed by atoms with E-state index in [1.54, 1.807) is 48.5 Å². The molecule has 0 amide bonds. The number of nitrogens with two attached hydrogens (primary N) is 1. The number of anilines is 1. The average molecular weight is 295 g/mol. The van der Waals surface area contributed by atoms with Gasteiger partial charge in [-0.25, -0.2) is 4.79 Å². The molecule has 3 rings (SSSR count). The van der Waals surface area contributed by atoms with Crippen LogP contribution in [0.4, 0.5) is 5.69 Å². The number of fused-ring (bicyclic) bond motifs is 1. The van der Waals surface area contributed by atoms with Gasteiger partial charge in [-0.05, 0) is 24.3 Å². The number of ether oxygens (including phenoxy) is 1. The molecule has 0 unspecified atom stereocenters. The number of methoxy groups -OCH3 is 1. The summed E-state index contributed by atoms with van der Waals surface area (Å²) < 4.78 is 5.91. The highest BCUT2D eigenvalue weighted by Crippen LogP contribution is 2.20. The quantitative estimate of drug-likeness (QED) is 0.578. The molecule has 6 heteroatoms. The number of esters is 1. The van der Waals surface area contributed by atoms with Gasteiger partial charge in [-0.2, -0.15) is 9.78 Å². The lowest BCUT2D eigenvalue weighted by Gasteiger charge is -2.03. The normalized spacial score (nSPS) is 10.6. The Bertz CT molecular complexity index is 883. The average Bonchev–Trinajstić information content (AvgIpc) is 2.93. The van der Waals surface area contributed by atoms with Crippen LogP contribution in [0.3, 0.4) is 0 Å². The zero-order chi connectivity index (χ0) is 15.7. The SMILES string of the molecule is COC(=O)c1nn(C(=O)c2cccc(N)c2)c2ccccc12. The van der Waals surface area contributed by atoms with E-state index in [4.69, 9.17) is 10.5 Å². The third-order valence-corrected chi connectivity index (χ3v) is 3.29. The third kappa shape index (κ3) is 2.20. The van der Waals surface area contributed by atoms with Crippen molar-refractivity contribution in [1.29, 1.82) is 0 Å². The molecule has 2 aromatic carbocycles. The Morgan fingerprint density at radius 2 is 1.91 bits per heavy atom. The van der Waals surface area contributed by atoms with Gasteiger partial charge in [0.25, 0.3) is 5.91 Å². The highest BCUT2D eigenvalue weighted by molar-refractivity contribution is 6.07. The lowest BCUT2D eigenvalue weighted by molar-refractivity contribution is 0.0595.